The summed E-state index contributed by atoms with van der Waals surface area (Å²) in [5.41, 5.74) is 2.20. The van der Waals surface area contributed by atoms with Crippen molar-refractivity contribution in [3.8, 4) is 0 Å². The first-order chi connectivity index (χ1) is 12.3. The predicted molar refractivity (Wildman–Crippen MR) is 105 cm³/mol. The number of fused-ring (bicyclic) bond motifs is 1. The van der Waals surface area contributed by atoms with E-state index in [-0.39, 0.29) is 0 Å². The van der Waals surface area contributed by atoms with Crippen LogP contribution in [0.15, 0.2) is 41.5 Å². The van der Waals surface area contributed by atoms with Crippen LogP contribution in [0.1, 0.15) is 32.3 Å². The molecule has 0 spiro atoms. The number of pyridine rings is 1. The Labute approximate surface area is 150 Å². The van der Waals surface area contributed by atoms with Crippen molar-refractivity contribution in [3.05, 3.63) is 42.1 Å². The number of para-hydroxylation sites is 1. The lowest BCUT2D eigenvalue weighted by molar-refractivity contribution is 0.267. The van der Waals surface area contributed by atoms with Crippen molar-refractivity contribution in [2.45, 2.75) is 39.3 Å². The molecule has 5 heteroatoms. The number of aromatic nitrogens is 1. The molecule has 1 saturated heterocycles. The first-order valence-corrected chi connectivity index (χ1v) is 9.40. The second kappa shape index (κ2) is 8.81. The van der Waals surface area contributed by atoms with Crippen LogP contribution >= 0.6 is 0 Å². The van der Waals surface area contributed by atoms with E-state index in [9.17, 15) is 0 Å². The maximum Gasteiger partial charge on any atom is 0.191 e. The van der Waals surface area contributed by atoms with Crippen LogP contribution in [0.4, 0.5) is 0 Å². The standard InChI is InChI=1S/C20H29N5/c1-3-21-20(24-15-18-11-7-13-25(18)4-2)23-14-17-9-5-8-16-10-6-12-22-19(16)17/h5-6,8-10,12,18H,3-4,7,11,13-15H2,1-2H3,(H2,21,23,24). The average molecular weight is 339 g/mol. The fourth-order valence-electron chi connectivity index (χ4n) is 3.56. The molecule has 1 unspecified atom stereocenters. The monoisotopic (exact) mass is 339 g/mol. The van der Waals surface area contributed by atoms with Gasteiger partial charge in [-0.3, -0.25) is 9.88 Å². The molecule has 0 radical (unpaired) electrons. The predicted octanol–water partition coefficient (Wildman–Crippen LogP) is 2.77. The second-order valence-electron chi connectivity index (χ2n) is 6.49. The Kier molecular flexibility index (Phi) is 6.23. The van der Waals surface area contributed by atoms with Gasteiger partial charge >= 0.3 is 0 Å². The van der Waals surface area contributed by atoms with Crippen LogP contribution in [0.3, 0.4) is 0 Å². The molecular weight excluding hydrogens is 310 g/mol. The molecule has 5 nitrogen and oxygen atoms in total. The van der Waals surface area contributed by atoms with Gasteiger partial charge in [-0.2, -0.15) is 0 Å². The van der Waals surface area contributed by atoms with Crippen molar-refractivity contribution >= 4 is 16.9 Å². The van der Waals surface area contributed by atoms with Gasteiger partial charge in [0.05, 0.1) is 12.1 Å². The highest BCUT2D eigenvalue weighted by molar-refractivity contribution is 5.83. The summed E-state index contributed by atoms with van der Waals surface area (Å²) in [6.07, 6.45) is 4.42. The number of aliphatic imine (C=N–C) groups is 1. The Morgan fingerprint density at radius 2 is 2.12 bits per heavy atom. The third-order valence-corrected chi connectivity index (χ3v) is 4.88. The maximum atomic E-state index is 4.78. The molecule has 3 rings (SSSR count). The number of hydrogen-bond acceptors (Lipinski definition) is 3. The Morgan fingerprint density at radius 3 is 2.96 bits per heavy atom. The van der Waals surface area contributed by atoms with Gasteiger partial charge in [0.1, 0.15) is 0 Å². The number of guanidine groups is 1. The molecule has 1 atom stereocenters. The highest BCUT2D eigenvalue weighted by atomic mass is 15.2. The smallest absolute Gasteiger partial charge is 0.191 e. The van der Waals surface area contributed by atoms with Crippen LogP contribution in [-0.4, -0.2) is 48.1 Å². The molecular formula is C20H29N5. The van der Waals surface area contributed by atoms with Gasteiger partial charge in [-0.25, -0.2) is 4.99 Å². The Balaban J connectivity index is 1.67. The quantitative estimate of drug-likeness (QED) is 0.628. The van der Waals surface area contributed by atoms with Gasteiger partial charge in [0.15, 0.2) is 5.96 Å². The van der Waals surface area contributed by atoms with Gasteiger partial charge in [-0.05, 0) is 44.5 Å². The summed E-state index contributed by atoms with van der Waals surface area (Å²) in [5.74, 6) is 0.887. The zero-order chi connectivity index (χ0) is 17.5. The van der Waals surface area contributed by atoms with Crippen molar-refractivity contribution in [2.24, 2.45) is 4.99 Å². The highest BCUT2D eigenvalue weighted by Crippen LogP contribution is 2.17. The summed E-state index contributed by atoms with van der Waals surface area (Å²) in [6.45, 7) is 9.14. The molecule has 0 bridgehead atoms. The third kappa shape index (κ3) is 4.48. The van der Waals surface area contributed by atoms with Crippen LogP contribution in [0, 0.1) is 0 Å². The first kappa shape index (κ1) is 17.7. The second-order valence-corrected chi connectivity index (χ2v) is 6.49. The lowest BCUT2D eigenvalue weighted by Crippen LogP contribution is -2.44. The van der Waals surface area contributed by atoms with Crippen molar-refractivity contribution < 1.29 is 0 Å². The van der Waals surface area contributed by atoms with E-state index in [1.807, 2.05) is 12.3 Å². The van der Waals surface area contributed by atoms with E-state index in [1.165, 1.54) is 19.4 Å². The summed E-state index contributed by atoms with van der Waals surface area (Å²) in [7, 11) is 0. The molecule has 134 valence electrons. The van der Waals surface area contributed by atoms with Crippen LogP contribution < -0.4 is 10.6 Å². The van der Waals surface area contributed by atoms with Crippen LogP contribution in [0.5, 0.6) is 0 Å². The van der Waals surface area contributed by atoms with Crippen molar-refractivity contribution in [1.29, 1.82) is 0 Å². The first-order valence-electron chi connectivity index (χ1n) is 9.40. The summed E-state index contributed by atoms with van der Waals surface area (Å²) in [4.78, 5) is 11.8. The van der Waals surface area contributed by atoms with Crippen molar-refractivity contribution in [3.63, 3.8) is 0 Å². The van der Waals surface area contributed by atoms with Gasteiger partial charge in [0.2, 0.25) is 0 Å². The normalized spacial score (nSPS) is 18.6. The summed E-state index contributed by atoms with van der Waals surface area (Å²) >= 11 is 0. The SMILES string of the molecule is CCNC(=NCc1cccc2cccnc12)NCC1CCCN1CC. The largest absolute Gasteiger partial charge is 0.357 e. The number of rotatable bonds is 6. The van der Waals surface area contributed by atoms with Crippen LogP contribution in [0.25, 0.3) is 10.9 Å². The number of hydrogen-bond donors (Lipinski definition) is 2. The van der Waals surface area contributed by atoms with Gasteiger partial charge in [0.25, 0.3) is 0 Å². The number of benzene rings is 1. The molecule has 1 fully saturated rings. The van der Waals surface area contributed by atoms with Crippen LogP contribution in [0.2, 0.25) is 0 Å². The van der Waals surface area contributed by atoms with Gasteiger partial charge in [0, 0.05) is 30.7 Å². The molecule has 2 N–H and O–H groups in total. The molecule has 2 aromatic rings. The highest BCUT2D eigenvalue weighted by Gasteiger charge is 2.22. The molecule has 25 heavy (non-hydrogen) atoms. The molecule has 1 aliphatic rings. The molecule has 1 aromatic heterocycles. The zero-order valence-corrected chi connectivity index (χ0v) is 15.3. The maximum absolute atomic E-state index is 4.78. The molecule has 0 aliphatic carbocycles. The summed E-state index contributed by atoms with van der Waals surface area (Å²) < 4.78 is 0. The fraction of sp³-hybridized carbons (Fsp3) is 0.500. The van der Waals surface area contributed by atoms with E-state index in [0.717, 1.165) is 42.1 Å². The fourth-order valence-corrected chi connectivity index (χ4v) is 3.56. The molecule has 0 amide bonds. The number of likely N-dealkylation sites (tertiary alicyclic amines) is 1. The topological polar surface area (TPSA) is 52.6 Å². The number of nitrogens with one attached hydrogen (secondary N) is 2. The summed E-state index contributed by atoms with van der Waals surface area (Å²) in [6, 6.07) is 11.0. The van der Waals surface area contributed by atoms with E-state index < -0.39 is 0 Å². The van der Waals surface area contributed by atoms with Gasteiger partial charge in [-0.15, -0.1) is 0 Å². The number of nitrogens with zero attached hydrogens (tertiary/aromatic N) is 3. The minimum atomic E-state index is 0.619. The van der Waals surface area contributed by atoms with Crippen LogP contribution in [-0.2, 0) is 6.54 Å². The Morgan fingerprint density at radius 1 is 1.24 bits per heavy atom. The lowest BCUT2D eigenvalue weighted by Gasteiger charge is -2.24. The molecule has 2 heterocycles. The summed E-state index contributed by atoms with van der Waals surface area (Å²) in [5, 5.41) is 8.04. The van der Waals surface area contributed by atoms with Gasteiger partial charge in [-0.1, -0.05) is 31.2 Å². The van der Waals surface area contributed by atoms with E-state index in [2.05, 4.69) is 58.6 Å². The lowest BCUT2D eigenvalue weighted by atomic mass is 10.1. The average Bonchev–Trinajstić information content (AvgIpc) is 3.11. The van der Waals surface area contributed by atoms with E-state index in [4.69, 9.17) is 4.99 Å². The number of likely N-dealkylation sites (N-methyl/N-ethyl adjacent to an activating group) is 1. The molecule has 1 aliphatic heterocycles. The van der Waals surface area contributed by atoms with E-state index in [1.54, 1.807) is 0 Å². The molecule has 0 saturated carbocycles. The van der Waals surface area contributed by atoms with Gasteiger partial charge < -0.3 is 10.6 Å². The minimum absolute atomic E-state index is 0.619. The third-order valence-electron chi connectivity index (χ3n) is 4.88. The minimum Gasteiger partial charge on any atom is -0.357 e. The Hall–Kier alpha value is -2.14. The molecule has 1 aromatic carbocycles. The van der Waals surface area contributed by atoms with Crippen molar-refractivity contribution in [1.82, 2.24) is 20.5 Å². The van der Waals surface area contributed by atoms with Crippen molar-refractivity contribution in [2.75, 3.05) is 26.2 Å². The van der Waals surface area contributed by atoms with E-state index in [0.29, 0.717) is 12.6 Å². The Bertz CT molecular complexity index is 707. The zero-order valence-electron chi connectivity index (χ0n) is 15.3. The van der Waals surface area contributed by atoms with E-state index >= 15 is 0 Å².